The van der Waals surface area contributed by atoms with Crippen molar-refractivity contribution in [2.75, 3.05) is 0 Å². The number of rotatable bonds is 0. The monoisotopic (exact) mass is 723 g/mol. The molecule has 0 radical (unpaired) electrons. The minimum atomic E-state index is -0.126. The van der Waals surface area contributed by atoms with Crippen LogP contribution in [0.1, 0.15) is 61.9 Å². The number of benzene rings is 5. The number of hydrogen-bond acceptors (Lipinski definition) is 1. The second-order valence-corrected chi connectivity index (χ2v) is 17.9. The van der Waals surface area contributed by atoms with E-state index in [9.17, 15) is 0 Å². The van der Waals surface area contributed by atoms with Crippen molar-refractivity contribution < 1.29 is 13.6 Å². The molecule has 2 atom stereocenters. The van der Waals surface area contributed by atoms with Gasteiger partial charge in [-0.15, -0.1) is 0 Å². The van der Waals surface area contributed by atoms with Gasteiger partial charge in [-0.1, -0.05) is 75.4 Å². The summed E-state index contributed by atoms with van der Waals surface area (Å²) in [7, 11) is 0. The Balaban J connectivity index is 1.15. The quantitative estimate of drug-likeness (QED) is 0.143. The van der Waals surface area contributed by atoms with E-state index in [0.717, 1.165) is 42.5 Å². The molecule has 0 bridgehead atoms. The third-order valence-corrected chi connectivity index (χ3v) is 13.9. The molecular formula is C52H41N3O+2. The zero-order valence-corrected chi connectivity index (χ0v) is 32.0. The Morgan fingerprint density at radius 3 is 2.38 bits per heavy atom. The van der Waals surface area contributed by atoms with E-state index in [0.29, 0.717) is 5.92 Å². The molecule has 0 saturated carbocycles. The third-order valence-electron chi connectivity index (χ3n) is 13.9. The zero-order chi connectivity index (χ0) is 37.2. The number of hydrogen-bond donors (Lipinski definition) is 0. The van der Waals surface area contributed by atoms with Gasteiger partial charge in [0.2, 0.25) is 11.4 Å². The topological polar surface area (TPSA) is 25.3 Å². The van der Waals surface area contributed by atoms with Crippen LogP contribution in [0.4, 0.5) is 0 Å². The molecule has 1 spiro atoms. The minimum Gasteiger partial charge on any atom is -0.456 e. The fraction of sp³-hybridized carbons (Fsp3) is 0.192. The predicted molar refractivity (Wildman–Crippen MR) is 227 cm³/mol. The highest BCUT2D eigenvalue weighted by molar-refractivity contribution is 6.30. The molecule has 4 heteroatoms. The molecule has 2 unspecified atom stereocenters. The Hall–Kier alpha value is -6.26. The average Bonchev–Trinajstić information content (AvgIpc) is 3.85. The van der Waals surface area contributed by atoms with Crippen LogP contribution >= 0.6 is 0 Å². The van der Waals surface area contributed by atoms with Crippen molar-refractivity contribution in [1.29, 1.82) is 0 Å². The van der Waals surface area contributed by atoms with Gasteiger partial charge in [-0.3, -0.25) is 0 Å². The van der Waals surface area contributed by atoms with E-state index in [-0.39, 0.29) is 11.0 Å². The smallest absolute Gasteiger partial charge is 0.218 e. The summed E-state index contributed by atoms with van der Waals surface area (Å²) >= 11 is 0. The van der Waals surface area contributed by atoms with Gasteiger partial charge in [0.25, 0.3) is 0 Å². The molecule has 0 saturated heterocycles. The second kappa shape index (κ2) is 10.3. The summed E-state index contributed by atoms with van der Waals surface area (Å²) in [5.41, 5.74) is 17.7. The van der Waals surface area contributed by atoms with Crippen molar-refractivity contribution in [2.45, 2.75) is 63.3 Å². The summed E-state index contributed by atoms with van der Waals surface area (Å²) in [6.07, 6.45) is 6.20. The lowest BCUT2D eigenvalue weighted by Crippen LogP contribution is -2.74. The van der Waals surface area contributed by atoms with E-state index in [4.69, 9.17) is 11.0 Å². The van der Waals surface area contributed by atoms with Crippen LogP contribution in [0.2, 0.25) is 0 Å². The molecule has 4 nitrogen and oxygen atoms in total. The number of allylic oxidation sites excluding steroid dienone is 1. The van der Waals surface area contributed by atoms with Gasteiger partial charge in [0.15, 0.2) is 23.1 Å². The maximum absolute atomic E-state index is 6.50. The molecule has 5 aromatic heterocycles. The Kier molecular flexibility index (Phi) is 5.71. The van der Waals surface area contributed by atoms with Crippen molar-refractivity contribution in [1.82, 2.24) is 4.40 Å². The van der Waals surface area contributed by atoms with E-state index < -0.39 is 0 Å². The number of nitrogens with zero attached hydrogens (tertiary/aromatic N) is 3. The molecule has 56 heavy (non-hydrogen) atoms. The van der Waals surface area contributed by atoms with E-state index in [1.807, 2.05) is 0 Å². The largest absolute Gasteiger partial charge is 0.456 e. The highest BCUT2D eigenvalue weighted by Crippen LogP contribution is 2.55. The highest BCUT2D eigenvalue weighted by Gasteiger charge is 2.63. The van der Waals surface area contributed by atoms with Crippen molar-refractivity contribution in [3.05, 3.63) is 156 Å². The molecule has 268 valence electrons. The van der Waals surface area contributed by atoms with E-state index in [1.54, 1.807) is 0 Å². The van der Waals surface area contributed by atoms with Gasteiger partial charge in [-0.05, 0) is 84.0 Å². The maximum Gasteiger partial charge on any atom is 0.218 e. The van der Waals surface area contributed by atoms with Crippen LogP contribution in [0.25, 0.3) is 88.2 Å². The molecule has 10 aromatic rings. The number of furan rings is 1. The van der Waals surface area contributed by atoms with Gasteiger partial charge < -0.3 is 8.82 Å². The first-order valence-corrected chi connectivity index (χ1v) is 20.2. The fourth-order valence-corrected chi connectivity index (χ4v) is 11.5. The van der Waals surface area contributed by atoms with Gasteiger partial charge in [0.05, 0.1) is 46.3 Å². The maximum atomic E-state index is 6.50. The van der Waals surface area contributed by atoms with Crippen molar-refractivity contribution in [3.63, 3.8) is 0 Å². The average molecular weight is 724 g/mol. The lowest BCUT2D eigenvalue weighted by atomic mass is 9.62. The Morgan fingerprint density at radius 1 is 0.696 bits per heavy atom. The van der Waals surface area contributed by atoms with Crippen molar-refractivity contribution in [3.8, 4) is 22.5 Å². The Labute approximate surface area is 324 Å². The molecule has 0 aliphatic carbocycles. The van der Waals surface area contributed by atoms with E-state index >= 15 is 0 Å². The van der Waals surface area contributed by atoms with Crippen LogP contribution in [0.5, 0.6) is 0 Å². The third kappa shape index (κ3) is 3.75. The zero-order valence-electron chi connectivity index (χ0n) is 32.0. The van der Waals surface area contributed by atoms with Crippen LogP contribution in [-0.4, -0.2) is 4.40 Å². The fourth-order valence-electron chi connectivity index (χ4n) is 11.5. The molecular weight excluding hydrogens is 683 g/mol. The molecule has 0 fully saturated rings. The summed E-state index contributed by atoms with van der Waals surface area (Å²) in [6, 6.07) is 45.7. The van der Waals surface area contributed by atoms with Crippen molar-refractivity contribution in [2.24, 2.45) is 0 Å². The molecule has 3 aliphatic heterocycles. The molecule has 0 N–H and O–H groups in total. The summed E-state index contributed by atoms with van der Waals surface area (Å²) in [5, 5.41) is 7.57. The first kappa shape index (κ1) is 31.0. The van der Waals surface area contributed by atoms with Gasteiger partial charge in [0.1, 0.15) is 11.2 Å². The molecule has 13 rings (SSSR count). The van der Waals surface area contributed by atoms with E-state index in [2.05, 4.69) is 162 Å². The van der Waals surface area contributed by atoms with E-state index in [1.165, 1.54) is 93.8 Å². The summed E-state index contributed by atoms with van der Waals surface area (Å²) in [6.45, 7) is 11.9. The van der Waals surface area contributed by atoms with Crippen LogP contribution in [-0.2, 0) is 23.8 Å². The van der Waals surface area contributed by atoms with Crippen molar-refractivity contribution >= 4 is 65.7 Å². The minimum absolute atomic E-state index is 0.0304. The van der Waals surface area contributed by atoms with Crippen LogP contribution in [0, 0.1) is 0 Å². The lowest BCUT2D eigenvalue weighted by Gasteiger charge is -2.47. The van der Waals surface area contributed by atoms with Gasteiger partial charge >= 0.3 is 0 Å². The molecule has 5 aromatic carbocycles. The lowest BCUT2D eigenvalue weighted by molar-refractivity contribution is -0.809. The van der Waals surface area contributed by atoms with Crippen LogP contribution < -0.4 is 9.13 Å². The highest BCUT2D eigenvalue weighted by atomic mass is 16.3. The number of para-hydroxylation sites is 2. The number of aromatic nitrogens is 3. The summed E-state index contributed by atoms with van der Waals surface area (Å²) < 4.78 is 14.2. The first-order valence-electron chi connectivity index (χ1n) is 20.2. The standard InChI is InChI=1S/C52H41N3O/c1-30-28-52-29-33-24-32(51(2,3)4)25-45(55(33)52)41-26-40-36-16-11-15-35-37-20-22-47-48(38-14-7-8-18-46(38)56-47)50(37)54(49(35)36)44(40)27-39(41)42(52)21-19-31-12-5-6-13-34(31)43-17-9-10-23-53(30)43/h5-18,20,22-27,42H,1,19,21,28-29H2,2-4H3/q+2. The van der Waals surface area contributed by atoms with Gasteiger partial charge in [-0.2, -0.15) is 9.13 Å². The Morgan fingerprint density at radius 2 is 1.48 bits per heavy atom. The molecule has 3 aliphatic rings. The second-order valence-electron chi connectivity index (χ2n) is 17.9. The molecule has 8 heterocycles. The van der Waals surface area contributed by atoms with Gasteiger partial charge in [-0.25, -0.2) is 0 Å². The normalized spacial score (nSPS) is 19.0. The van der Waals surface area contributed by atoms with Crippen LogP contribution in [0.15, 0.2) is 139 Å². The predicted octanol–water partition coefficient (Wildman–Crippen LogP) is 11.8. The number of fused-ring (bicyclic) bond motifs is 16. The SMILES string of the molecule is C=C1CC23Cc4cc(C(C)(C)C)cc([n+]42)-c2cc4c5cccc6c7ccc8oc9ccccc9c8c7n(c4cc2C3CCc2ccccc2-c2cccc[n+]21)c56. The van der Waals surface area contributed by atoms with Gasteiger partial charge in [0, 0.05) is 56.8 Å². The Bertz CT molecular complexity index is 3390. The molecule has 0 amide bonds. The number of aryl methyl sites for hydroxylation is 1. The first-order chi connectivity index (χ1) is 27.3. The summed E-state index contributed by atoms with van der Waals surface area (Å²) in [4.78, 5) is 0. The van der Waals surface area contributed by atoms with Crippen LogP contribution in [0.3, 0.4) is 0 Å². The summed E-state index contributed by atoms with van der Waals surface area (Å²) in [5.74, 6) is 0.291. The number of pyridine rings is 2.